The summed E-state index contributed by atoms with van der Waals surface area (Å²) in [4.78, 5) is 7.04. The van der Waals surface area contributed by atoms with E-state index in [4.69, 9.17) is 12.2 Å². The summed E-state index contributed by atoms with van der Waals surface area (Å²) >= 11 is 6.68. The number of hydrogen-bond donors (Lipinski definition) is 1. The van der Waals surface area contributed by atoms with Crippen molar-refractivity contribution in [3.05, 3.63) is 45.1 Å². The number of rotatable bonds is 3. The van der Waals surface area contributed by atoms with Crippen LogP contribution in [0.25, 0.3) is 11.0 Å². The first-order valence-corrected chi connectivity index (χ1v) is 6.90. The molecule has 0 saturated carbocycles. The predicted octanol–water partition coefficient (Wildman–Crippen LogP) is 3.68. The van der Waals surface area contributed by atoms with Crippen LogP contribution < -0.4 is 0 Å². The van der Waals surface area contributed by atoms with Gasteiger partial charge in [0.1, 0.15) is 5.52 Å². The van der Waals surface area contributed by atoms with Crippen LogP contribution in [0.2, 0.25) is 0 Å². The van der Waals surface area contributed by atoms with E-state index in [2.05, 4.69) is 9.97 Å². The van der Waals surface area contributed by atoms with Crippen molar-refractivity contribution in [3.63, 3.8) is 0 Å². The molecule has 0 unspecified atom stereocenters. The van der Waals surface area contributed by atoms with Crippen LogP contribution in [-0.2, 0) is 13.0 Å². The Morgan fingerprint density at radius 3 is 2.95 bits per heavy atom. The largest absolute Gasteiger partial charge is 0.330 e. The van der Waals surface area contributed by atoms with Crippen LogP contribution in [0.4, 0.5) is 8.78 Å². The summed E-state index contributed by atoms with van der Waals surface area (Å²) in [6.45, 7) is 0.465. The molecule has 0 aliphatic carbocycles. The number of aryl methyl sites for hydroxylation is 2. The molecule has 0 amide bonds. The minimum atomic E-state index is -0.871. The third-order valence-corrected chi connectivity index (χ3v) is 4.02. The summed E-state index contributed by atoms with van der Waals surface area (Å²) < 4.78 is 29.1. The molecular weight excluding hydrogens is 288 g/mol. The number of H-pyrrole nitrogens is 1. The van der Waals surface area contributed by atoms with Gasteiger partial charge in [0, 0.05) is 24.5 Å². The van der Waals surface area contributed by atoms with Crippen molar-refractivity contribution >= 4 is 34.6 Å². The molecule has 0 bridgehead atoms. The first-order chi connectivity index (χ1) is 9.16. The molecule has 0 fully saturated rings. The second-order valence-corrected chi connectivity index (χ2v) is 5.38. The van der Waals surface area contributed by atoms with Crippen molar-refractivity contribution in [3.8, 4) is 0 Å². The standard InChI is InChI=1S/C12H9F2N3S2/c13-7-1-2-8-11(10(7)14)17(12(18)16-8)5-3-9-15-4-6-19-9/h1-2,4,6H,3,5H2,(H,16,18). The van der Waals surface area contributed by atoms with E-state index in [1.54, 1.807) is 10.8 Å². The van der Waals surface area contributed by atoms with Gasteiger partial charge >= 0.3 is 0 Å². The van der Waals surface area contributed by atoms with E-state index in [-0.39, 0.29) is 5.52 Å². The molecule has 3 rings (SSSR count). The molecule has 2 heterocycles. The zero-order valence-electron chi connectivity index (χ0n) is 9.69. The van der Waals surface area contributed by atoms with Crippen molar-refractivity contribution < 1.29 is 8.78 Å². The highest BCUT2D eigenvalue weighted by Crippen LogP contribution is 2.21. The summed E-state index contributed by atoms with van der Waals surface area (Å²) in [5.41, 5.74) is 0.685. The number of nitrogens with one attached hydrogen (secondary N) is 1. The minimum Gasteiger partial charge on any atom is -0.330 e. The van der Waals surface area contributed by atoms with Gasteiger partial charge in [-0.3, -0.25) is 0 Å². The summed E-state index contributed by atoms with van der Waals surface area (Å²) in [6, 6.07) is 2.58. The first-order valence-electron chi connectivity index (χ1n) is 5.61. The average Bonchev–Trinajstić information content (AvgIpc) is 2.99. The zero-order valence-corrected chi connectivity index (χ0v) is 11.3. The van der Waals surface area contributed by atoms with Crippen LogP contribution in [0, 0.1) is 16.4 Å². The van der Waals surface area contributed by atoms with E-state index < -0.39 is 11.6 Å². The molecule has 0 saturated heterocycles. The Morgan fingerprint density at radius 1 is 1.37 bits per heavy atom. The van der Waals surface area contributed by atoms with Gasteiger partial charge in [-0.05, 0) is 24.4 Å². The maximum atomic E-state index is 13.9. The normalized spacial score (nSPS) is 11.3. The molecule has 7 heteroatoms. The second kappa shape index (κ2) is 4.82. The van der Waals surface area contributed by atoms with E-state index >= 15 is 0 Å². The zero-order chi connectivity index (χ0) is 13.4. The van der Waals surface area contributed by atoms with Gasteiger partial charge in [-0.1, -0.05) is 0 Å². The number of aromatic nitrogens is 3. The smallest absolute Gasteiger partial charge is 0.184 e. The van der Waals surface area contributed by atoms with E-state index in [1.165, 1.54) is 17.4 Å². The number of aromatic amines is 1. The van der Waals surface area contributed by atoms with Gasteiger partial charge < -0.3 is 9.55 Å². The fraction of sp³-hybridized carbons (Fsp3) is 0.167. The highest BCUT2D eigenvalue weighted by molar-refractivity contribution is 7.71. The van der Waals surface area contributed by atoms with Crippen LogP contribution in [0.3, 0.4) is 0 Å². The molecule has 3 nitrogen and oxygen atoms in total. The van der Waals surface area contributed by atoms with Crippen LogP contribution in [0.5, 0.6) is 0 Å². The van der Waals surface area contributed by atoms with E-state index in [1.807, 2.05) is 5.38 Å². The SMILES string of the molecule is Fc1ccc2[nH]c(=S)n(CCc3nccs3)c2c1F. The van der Waals surface area contributed by atoms with Crippen molar-refractivity contribution in [2.45, 2.75) is 13.0 Å². The van der Waals surface area contributed by atoms with Gasteiger partial charge in [0.15, 0.2) is 16.4 Å². The second-order valence-electron chi connectivity index (χ2n) is 4.02. The van der Waals surface area contributed by atoms with Gasteiger partial charge in [0.2, 0.25) is 0 Å². The quantitative estimate of drug-likeness (QED) is 0.748. The molecule has 19 heavy (non-hydrogen) atoms. The van der Waals surface area contributed by atoms with Gasteiger partial charge in [-0.25, -0.2) is 13.8 Å². The van der Waals surface area contributed by atoms with Crippen LogP contribution >= 0.6 is 23.6 Å². The number of thiazole rings is 1. The Morgan fingerprint density at radius 2 is 2.21 bits per heavy atom. The number of hydrogen-bond acceptors (Lipinski definition) is 3. The molecule has 1 N–H and O–H groups in total. The highest BCUT2D eigenvalue weighted by Gasteiger charge is 2.13. The fourth-order valence-electron chi connectivity index (χ4n) is 1.99. The summed E-state index contributed by atoms with van der Waals surface area (Å²) in [7, 11) is 0. The van der Waals surface area contributed by atoms with E-state index in [0.29, 0.717) is 23.3 Å². The highest BCUT2D eigenvalue weighted by atomic mass is 32.1. The van der Waals surface area contributed by atoms with Crippen molar-refractivity contribution in [2.24, 2.45) is 0 Å². The van der Waals surface area contributed by atoms with Crippen molar-refractivity contribution in [1.82, 2.24) is 14.5 Å². The summed E-state index contributed by atoms with van der Waals surface area (Å²) in [6.07, 6.45) is 2.35. The number of halogens is 2. The molecule has 0 aliphatic heterocycles. The Bertz CT molecular complexity index is 774. The lowest BCUT2D eigenvalue weighted by Crippen LogP contribution is -2.03. The lowest BCUT2D eigenvalue weighted by atomic mass is 10.3. The number of imidazole rings is 1. The monoisotopic (exact) mass is 297 g/mol. The Balaban J connectivity index is 2.05. The van der Waals surface area contributed by atoms with E-state index in [9.17, 15) is 8.78 Å². The lowest BCUT2D eigenvalue weighted by Gasteiger charge is -2.04. The molecule has 2 aromatic heterocycles. The van der Waals surface area contributed by atoms with Gasteiger partial charge in [0.25, 0.3) is 0 Å². The predicted molar refractivity (Wildman–Crippen MR) is 72.9 cm³/mol. The maximum absolute atomic E-state index is 13.9. The topological polar surface area (TPSA) is 33.6 Å². The molecule has 98 valence electrons. The molecule has 3 aromatic rings. The fourth-order valence-corrected chi connectivity index (χ4v) is 2.89. The van der Waals surface area contributed by atoms with Gasteiger partial charge in [0.05, 0.1) is 10.5 Å². The molecule has 1 aromatic carbocycles. The number of fused-ring (bicyclic) bond motifs is 1. The molecule has 0 atom stereocenters. The van der Waals surface area contributed by atoms with Crippen LogP contribution in [0.15, 0.2) is 23.7 Å². The summed E-state index contributed by atoms with van der Waals surface area (Å²) in [5.74, 6) is -1.74. The van der Waals surface area contributed by atoms with Gasteiger partial charge in [-0.2, -0.15) is 0 Å². The van der Waals surface area contributed by atoms with E-state index in [0.717, 1.165) is 11.1 Å². The summed E-state index contributed by atoms with van der Waals surface area (Å²) in [5, 5.41) is 2.82. The average molecular weight is 297 g/mol. The lowest BCUT2D eigenvalue weighted by molar-refractivity contribution is 0.510. The third-order valence-electron chi connectivity index (χ3n) is 2.86. The molecule has 0 spiro atoms. The van der Waals surface area contributed by atoms with Crippen molar-refractivity contribution in [2.75, 3.05) is 0 Å². The van der Waals surface area contributed by atoms with Crippen LogP contribution in [0.1, 0.15) is 5.01 Å². The van der Waals surface area contributed by atoms with Crippen molar-refractivity contribution in [1.29, 1.82) is 0 Å². The third kappa shape index (κ3) is 2.19. The molecule has 0 radical (unpaired) electrons. The Hall–Kier alpha value is -1.60. The van der Waals surface area contributed by atoms with Crippen LogP contribution in [-0.4, -0.2) is 14.5 Å². The maximum Gasteiger partial charge on any atom is 0.184 e. The number of nitrogens with zero attached hydrogens (tertiary/aromatic N) is 2. The molecule has 0 aliphatic rings. The first kappa shape index (κ1) is 12.4. The molecular formula is C12H9F2N3S2. The number of benzene rings is 1. The van der Waals surface area contributed by atoms with Gasteiger partial charge in [-0.15, -0.1) is 11.3 Å². The minimum absolute atomic E-state index is 0.182. The Kier molecular flexibility index (Phi) is 3.16. The Labute approximate surface area is 116 Å².